The Bertz CT molecular complexity index is 2280. The zero-order valence-corrected chi connectivity index (χ0v) is 37.6. The quantitative estimate of drug-likeness (QED) is 0.231. The fourth-order valence-corrected chi connectivity index (χ4v) is 16.2. The Morgan fingerprint density at radius 3 is 2.11 bits per heavy atom. The molecule has 2 amide bonds. The number of nitrogens with zero attached hydrogens (tertiary/aromatic N) is 3. The van der Waals surface area contributed by atoms with Gasteiger partial charge in [-0.3, -0.25) is 9.59 Å². The fourth-order valence-electron chi connectivity index (χ4n) is 15.0. The van der Waals surface area contributed by atoms with Crippen molar-refractivity contribution >= 4 is 27.2 Å². The topological polar surface area (TPSA) is 146 Å². The van der Waals surface area contributed by atoms with E-state index in [4.69, 9.17) is 5.73 Å². The first kappa shape index (κ1) is 43.6. The minimum absolute atomic E-state index is 0.00214. The van der Waals surface area contributed by atoms with Gasteiger partial charge in [0.2, 0.25) is 5.91 Å². The number of carbonyl (C=O) groups is 2. The summed E-state index contributed by atoms with van der Waals surface area (Å²) in [7, 11) is -2.98. The van der Waals surface area contributed by atoms with E-state index in [1.807, 2.05) is 24.3 Å². The van der Waals surface area contributed by atoms with E-state index in [1.54, 1.807) is 0 Å². The van der Waals surface area contributed by atoms with Crippen molar-refractivity contribution in [2.75, 3.05) is 37.7 Å². The highest BCUT2D eigenvalue weighted by Gasteiger charge is 2.71. The molecule has 9 unspecified atom stereocenters. The molecule has 7 aliphatic rings. The number of nitrogens with two attached hydrogens (primary N) is 1. The van der Waals surface area contributed by atoms with Gasteiger partial charge in [-0.15, -0.1) is 10.2 Å². The minimum Gasteiger partial charge on any atom is -0.366 e. The molecule has 2 aromatic carbocycles. The van der Waals surface area contributed by atoms with Crippen LogP contribution in [-0.2, 0) is 15.5 Å². The van der Waals surface area contributed by atoms with Gasteiger partial charge in [0.15, 0.2) is 9.84 Å². The normalized spacial score (nSPS) is 37.8. The molecule has 336 valence electrons. The van der Waals surface area contributed by atoms with Crippen LogP contribution in [0.3, 0.4) is 0 Å². The monoisotopic (exact) mass is 876 g/mol. The largest absolute Gasteiger partial charge is 0.442 e. The predicted octanol–water partition coefficient (Wildman–Crippen LogP) is 8.30. The lowest BCUT2D eigenvalue weighted by atomic mass is 9.33. The van der Waals surface area contributed by atoms with E-state index in [9.17, 15) is 31.2 Å². The van der Waals surface area contributed by atoms with Crippen LogP contribution in [0.1, 0.15) is 124 Å². The molecule has 14 heteroatoms. The smallest absolute Gasteiger partial charge is 0.366 e. The first-order valence-corrected chi connectivity index (χ1v) is 24.6. The summed E-state index contributed by atoms with van der Waals surface area (Å²) in [6, 6.07) is 13.2. The van der Waals surface area contributed by atoms with E-state index in [0.717, 1.165) is 76.4 Å². The molecule has 1 saturated heterocycles. The average Bonchev–Trinajstić information content (AvgIpc) is 3.97. The number of allylic oxidation sites excluding steroid dienone is 2. The van der Waals surface area contributed by atoms with E-state index in [2.05, 4.69) is 66.5 Å². The number of sulfone groups is 1. The summed E-state index contributed by atoms with van der Waals surface area (Å²) in [4.78, 5) is 28.2. The summed E-state index contributed by atoms with van der Waals surface area (Å²) in [5.41, 5.74) is 6.10. The van der Waals surface area contributed by atoms with E-state index >= 15 is 0 Å². The van der Waals surface area contributed by atoms with Gasteiger partial charge in [0, 0.05) is 60.4 Å². The van der Waals surface area contributed by atoms with Crippen molar-refractivity contribution in [3.63, 3.8) is 0 Å². The first-order chi connectivity index (χ1) is 29.1. The molecular weight excluding hydrogens is 814 g/mol. The Morgan fingerprint density at radius 2 is 1.48 bits per heavy atom. The summed E-state index contributed by atoms with van der Waals surface area (Å²) < 4.78 is 65.6. The van der Waals surface area contributed by atoms with Gasteiger partial charge in [0.05, 0.1) is 11.5 Å². The number of amides is 2. The lowest BCUT2D eigenvalue weighted by molar-refractivity contribution is -0.218. The molecule has 9 atom stereocenters. The molecule has 0 aromatic heterocycles. The van der Waals surface area contributed by atoms with Crippen molar-refractivity contribution in [2.24, 2.45) is 61.3 Å². The highest BCUT2D eigenvalue weighted by Crippen LogP contribution is 2.76. The Labute approximate surface area is 364 Å². The SMILES string of the molecule is CC1(C)C(c2ccc(C(N)=O)cc2)=CCC2(C)C1CCC1(C)C2CCC2C3C(NC(=O)c4ccc(C5(C(F)(F)F)N=N5)cc4)CCC3(NCCN3CCS(=O)(=O)CC3)CCC21C. The van der Waals surface area contributed by atoms with Gasteiger partial charge in [-0.05, 0) is 133 Å². The third-order valence-electron chi connectivity index (χ3n) is 18.4. The second-order valence-corrected chi connectivity index (χ2v) is 23.6. The number of carbonyl (C=O) groups excluding carboxylic acids is 2. The van der Waals surface area contributed by atoms with Crippen LogP contribution in [0, 0.1) is 45.3 Å². The minimum atomic E-state index is -4.64. The Balaban J connectivity index is 0.991. The predicted molar refractivity (Wildman–Crippen MR) is 233 cm³/mol. The lowest BCUT2D eigenvalue weighted by Crippen LogP contribution is -2.69. The number of nitrogens with one attached hydrogen (secondary N) is 2. The highest BCUT2D eigenvalue weighted by atomic mass is 32.2. The van der Waals surface area contributed by atoms with Gasteiger partial charge in [-0.2, -0.15) is 13.2 Å². The van der Waals surface area contributed by atoms with Crippen molar-refractivity contribution < 1.29 is 31.2 Å². The second kappa shape index (κ2) is 14.7. The molecule has 9 rings (SSSR count). The number of hydrogen-bond donors (Lipinski definition) is 3. The maximum absolute atomic E-state index is 14.1. The van der Waals surface area contributed by atoms with Crippen molar-refractivity contribution in [3.05, 3.63) is 76.9 Å². The number of halogens is 3. The highest BCUT2D eigenvalue weighted by molar-refractivity contribution is 7.91. The second-order valence-electron chi connectivity index (χ2n) is 21.3. The summed E-state index contributed by atoms with van der Waals surface area (Å²) in [6.07, 6.45) is 6.97. The summed E-state index contributed by atoms with van der Waals surface area (Å²) in [5.74, 6) is 1.11. The third-order valence-corrected chi connectivity index (χ3v) is 20.0. The molecule has 10 nitrogen and oxygen atoms in total. The number of hydrogen-bond acceptors (Lipinski definition) is 8. The van der Waals surface area contributed by atoms with Gasteiger partial charge in [0.1, 0.15) is 0 Å². The van der Waals surface area contributed by atoms with Crippen LogP contribution < -0.4 is 16.4 Å². The number of rotatable bonds is 9. The van der Waals surface area contributed by atoms with E-state index in [1.165, 1.54) is 29.8 Å². The maximum atomic E-state index is 14.1. The van der Waals surface area contributed by atoms with Gasteiger partial charge < -0.3 is 21.3 Å². The van der Waals surface area contributed by atoms with Gasteiger partial charge >= 0.3 is 11.8 Å². The molecule has 0 bridgehead atoms. The van der Waals surface area contributed by atoms with E-state index in [0.29, 0.717) is 42.0 Å². The molecule has 0 spiro atoms. The number of fused-ring (bicyclic) bond motifs is 7. The van der Waals surface area contributed by atoms with Crippen LogP contribution in [0.4, 0.5) is 13.2 Å². The van der Waals surface area contributed by atoms with Crippen LogP contribution in [-0.4, -0.2) is 80.6 Å². The average molecular weight is 877 g/mol. The van der Waals surface area contributed by atoms with Crippen LogP contribution in [0.25, 0.3) is 5.57 Å². The van der Waals surface area contributed by atoms with Crippen molar-refractivity contribution in [2.45, 2.75) is 116 Å². The molecule has 5 fully saturated rings. The Morgan fingerprint density at radius 1 is 0.823 bits per heavy atom. The van der Waals surface area contributed by atoms with Crippen LogP contribution in [0.2, 0.25) is 0 Å². The van der Waals surface area contributed by atoms with Crippen molar-refractivity contribution in [1.29, 1.82) is 0 Å². The van der Waals surface area contributed by atoms with Crippen molar-refractivity contribution in [1.82, 2.24) is 15.5 Å². The van der Waals surface area contributed by atoms with Crippen LogP contribution in [0.5, 0.6) is 0 Å². The summed E-state index contributed by atoms with van der Waals surface area (Å²) in [6.45, 7) is 15.1. The number of primary amides is 1. The van der Waals surface area contributed by atoms with Crippen LogP contribution in [0.15, 0.2) is 64.8 Å². The Kier molecular flexibility index (Phi) is 10.3. The fraction of sp³-hybridized carbons (Fsp3) is 0.667. The molecule has 2 heterocycles. The summed E-state index contributed by atoms with van der Waals surface area (Å²) in [5, 5.41) is 14.2. The molecule has 2 aliphatic heterocycles. The zero-order chi connectivity index (χ0) is 44.3. The molecule has 5 aliphatic carbocycles. The maximum Gasteiger partial charge on any atom is 0.442 e. The molecular formula is C48H63F3N6O4S. The standard InChI is InChI=1S/C48H63F3N6O4S/c1-42(2)34(30-6-8-31(9-7-30)40(52)58)16-19-43(3)37(42)18-20-45(5)38(43)15-14-35-39-36(54-41(59)32-10-12-33(13-11-32)47(55-56-47)48(49,50)51)17-21-46(39,23-22-44(35,45)4)53-24-25-57-26-28-62(60,61)29-27-57/h6-13,16,35-39,53H,14-15,17-29H2,1-5H3,(H2,52,58)(H,54,59). The zero-order valence-electron chi connectivity index (χ0n) is 36.8. The van der Waals surface area contributed by atoms with Crippen LogP contribution >= 0.6 is 0 Å². The lowest BCUT2D eigenvalue weighted by Gasteiger charge is -2.72. The van der Waals surface area contributed by atoms with E-state index in [-0.39, 0.29) is 62.1 Å². The molecule has 4 N–H and O–H groups in total. The van der Waals surface area contributed by atoms with Crippen molar-refractivity contribution in [3.8, 4) is 0 Å². The molecule has 0 radical (unpaired) electrons. The van der Waals surface area contributed by atoms with Gasteiger partial charge in [0.25, 0.3) is 5.91 Å². The Hall–Kier alpha value is -3.62. The first-order valence-electron chi connectivity index (χ1n) is 22.8. The number of alkyl halides is 3. The summed E-state index contributed by atoms with van der Waals surface area (Å²) >= 11 is 0. The van der Waals surface area contributed by atoms with Gasteiger partial charge in [-0.25, -0.2) is 8.42 Å². The van der Waals surface area contributed by atoms with Gasteiger partial charge in [-0.1, -0.05) is 65.0 Å². The molecule has 2 aromatic rings. The van der Waals surface area contributed by atoms with E-state index < -0.39 is 27.6 Å². The molecule has 62 heavy (non-hydrogen) atoms. The molecule has 4 saturated carbocycles. The third kappa shape index (κ3) is 6.72. The number of benzene rings is 2.